The first-order chi connectivity index (χ1) is 9.66. The SMILES string of the molecule is O=C(c1ccc(Cl)s1)N(C(=O)C1CCCNC1)C1CC1. The van der Waals surface area contributed by atoms with Gasteiger partial charge in [0.1, 0.15) is 0 Å². The molecule has 4 nitrogen and oxygen atoms in total. The normalized spacial score (nSPS) is 22.6. The van der Waals surface area contributed by atoms with Gasteiger partial charge in [0.2, 0.25) is 5.91 Å². The first kappa shape index (κ1) is 14.0. The number of amides is 2. The number of hydrogen-bond acceptors (Lipinski definition) is 4. The molecule has 0 radical (unpaired) electrons. The topological polar surface area (TPSA) is 49.4 Å². The molecule has 1 aromatic heterocycles. The van der Waals surface area contributed by atoms with Crippen molar-refractivity contribution in [1.82, 2.24) is 10.2 Å². The van der Waals surface area contributed by atoms with Gasteiger partial charge in [0.25, 0.3) is 5.91 Å². The van der Waals surface area contributed by atoms with Crippen LogP contribution < -0.4 is 5.32 Å². The summed E-state index contributed by atoms with van der Waals surface area (Å²) in [5.41, 5.74) is 0. The molecule has 2 amide bonds. The van der Waals surface area contributed by atoms with Gasteiger partial charge in [-0.3, -0.25) is 14.5 Å². The van der Waals surface area contributed by atoms with Crippen molar-refractivity contribution >= 4 is 34.8 Å². The summed E-state index contributed by atoms with van der Waals surface area (Å²) in [4.78, 5) is 27.2. The summed E-state index contributed by atoms with van der Waals surface area (Å²) < 4.78 is 0.580. The Morgan fingerprint density at radius 3 is 2.65 bits per heavy atom. The second-order valence-electron chi connectivity index (χ2n) is 5.39. The molecule has 0 bridgehead atoms. The average molecular weight is 313 g/mol. The predicted octanol–water partition coefficient (Wildman–Crippen LogP) is 2.53. The van der Waals surface area contributed by atoms with Crippen LogP contribution in [0.5, 0.6) is 0 Å². The molecule has 1 aromatic rings. The minimum Gasteiger partial charge on any atom is -0.316 e. The van der Waals surface area contributed by atoms with Crippen molar-refractivity contribution in [2.24, 2.45) is 5.92 Å². The van der Waals surface area contributed by atoms with Gasteiger partial charge in [-0.05, 0) is 44.4 Å². The summed E-state index contributed by atoms with van der Waals surface area (Å²) in [7, 11) is 0. The van der Waals surface area contributed by atoms with Crippen molar-refractivity contribution in [2.45, 2.75) is 31.7 Å². The molecule has 1 saturated carbocycles. The van der Waals surface area contributed by atoms with E-state index in [1.54, 1.807) is 12.1 Å². The van der Waals surface area contributed by atoms with Gasteiger partial charge in [0.15, 0.2) is 0 Å². The summed E-state index contributed by atoms with van der Waals surface area (Å²) in [6, 6.07) is 3.51. The molecule has 3 rings (SSSR count). The second kappa shape index (κ2) is 5.84. The van der Waals surface area contributed by atoms with Crippen LogP contribution in [0.3, 0.4) is 0 Å². The Hall–Kier alpha value is -0.910. The lowest BCUT2D eigenvalue weighted by atomic mass is 9.98. The monoisotopic (exact) mass is 312 g/mol. The van der Waals surface area contributed by atoms with Crippen LogP contribution in [-0.4, -0.2) is 35.8 Å². The molecular formula is C14H17ClN2O2S. The molecule has 2 aliphatic rings. The van der Waals surface area contributed by atoms with Crippen LogP contribution in [0.4, 0.5) is 0 Å². The first-order valence-corrected chi connectivity index (χ1v) is 8.19. The third-order valence-electron chi connectivity index (χ3n) is 3.80. The molecule has 1 saturated heterocycles. The number of thiophene rings is 1. The van der Waals surface area contributed by atoms with Gasteiger partial charge < -0.3 is 5.32 Å². The van der Waals surface area contributed by atoms with E-state index in [0.29, 0.717) is 15.8 Å². The molecule has 20 heavy (non-hydrogen) atoms. The van der Waals surface area contributed by atoms with Crippen LogP contribution in [0.2, 0.25) is 4.34 Å². The lowest BCUT2D eigenvalue weighted by Crippen LogP contribution is -2.46. The fraction of sp³-hybridized carbons (Fsp3) is 0.571. The lowest BCUT2D eigenvalue weighted by Gasteiger charge is -2.28. The number of imide groups is 1. The van der Waals surface area contributed by atoms with E-state index in [2.05, 4.69) is 5.32 Å². The Bertz CT molecular complexity index is 521. The van der Waals surface area contributed by atoms with Gasteiger partial charge in [-0.1, -0.05) is 11.6 Å². The fourth-order valence-corrected chi connectivity index (χ4v) is 3.57. The van der Waals surface area contributed by atoms with Gasteiger partial charge >= 0.3 is 0 Å². The van der Waals surface area contributed by atoms with E-state index in [1.807, 2.05) is 0 Å². The third kappa shape index (κ3) is 2.90. The smallest absolute Gasteiger partial charge is 0.270 e. The Labute approximate surface area is 127 Å². The van der Waals surface area contributed by atoms with Crippen LogP contribution in [0.1, 0.15) is 35.4 Å². The number of nitrogens with zero attached hydrogens (tertiary/aromatic N) is 1. The number of rotatable bonds is 3. The Balaban J connectivity index is 1.78. The quantitative estimate of drug-likeness (QED) is 0.873. The number of piperidine rings is 1. The van der Waals surface area contributed by atoms with Crippen LogP contribution in [0.15, 0.2) is 12.1 Å². The standard InChI is InChI=1S/C14H17ClN2O2S/c15-12-6-5-11(20-12)14(19)17(10-3-4-10)13(18)9-2-1-7-16-8-9/h5-6,9-10,16H,1-4,7-8H2. The number of hydrogen-bond donors (Lipinski definition) is 1. The molecular weight excluding hydrogens is 296 g/mol. The summed E-state index contributed by atoms with van der Waals surface area (Å²) >= 11 is 7.13. The van der Waals surface area contributed by atoms with E-state index in [4.69, 9.17) is 11.6 Å². The highest BCUT2D eigenvalue weighted by Gasteiger charge is 2.40. The van der Waals surface area contributed by atoms with Crippen molar-refractivity contribution in [2.75, 3.05) is 13.1 Å². The molecule has 6 heteroatoms. The minimum atomic E-state index is -0.181. The van der Waals surface area contributed by atoms with Crippen molar-refractivity contribution in [3.05, 3.63) is 21.3 Å². The zero-order chi connectivity index (χ0) is 14.1. The zero-order valence-corrected chi connectivity index (χ0v) is 12.7. The largest absolute Gasteiger partial charge is 0.316 e. The maximum absolute atomic E-state index is 12.6. The second-order valence-corrected chi connectivity index (χ2v) is 7.11. The number of carbonyl (C=O) groups is 2. The van der Waals surface area contributed by atoms with Gasteiger partial charge in [0, 0.05) is 12.6 Å². The number of halogens is 1. The fourth-order valence-electron chi connectivity index (χ4n) is 2.59. The van der Waals surface area contributed by atoms with Crippen molar-refractivity contribution in [1.29, 1.82) is 0 Å². The van der Waals surface area contributed by atoms with Gasteiger partial charge in [-0.2, -0.15) is 0 Å². The van der Waals surface area contributed by atoms with Crippen LogP contribution in [-0.2, 0) is 4.79 Å². The molecule has 108 valence electrons. The average Bonchev–Trinajstić information content (AvgIpc) is 3.20. The molecule has 2 heterocycles. The molecule has 1 unspecified atom stereocenters. The highest BCUT2D eigenvalue weighted by Crippen LogP contribution is 2.32. The molecule has 0 spiro atoms. The number of nitrogens with one attached hydrogen (secondary N) is 1. The Morgan fingerprint density at radius 2 is 2.10 bits per heavy atom. The van der Waals surface area contributed by atoms with E-state index in [-0.39, 0.29) is 23.8 Å². The molecule has 1 aliphatic carbocycles. The summed E-state index contributed by atoms with van der Waals surface area (Å²) in [5.74, 6) is -0.266. The van der Waals surface area contributed by atoms with E-state index < -0.39 is 0 Å². The van der Waals surface area contributed by atoms with Crippen molar-refractivity contribution in [3.8, 4) is 0 Å². The minimum absolute atomic E-state index is 0.0192. The third-order valence-corrected chi connectivity index (χ3v) is 5.02. The van der Waals surface area contributed by atoms with E-state index >= 15 is 0 Å². The van der Waals surface area contributed by atoms with E-state index in [1.165, 1.54) is 16.2 Å². The van der Waals surface area contributed by atoms with E-state index in [0.717, 1.165) is 32.2 Å². The van der Waals surface area contributed by atoms with Crippen molar-refractivity contribution in [3.63, 3.8) is 0 Å². The van der Waals surface area contributed by atoms with E-state index in [9.17, 15) is 9.59 Å². The maximum atomic E-state index is 12.6. The van der Waals surface area contributed by atoms with Crippen LogP contribution >= 0.6 is 22.9 Å². The summed E-state index contributed by atoms with van der Waals surface area (Å²) in [5, 5.41) is 3.24. The van der Waals surface area contributed by atoms with Crippen LogP contribution in [0, 0.1) is 5.92 Å². The van der Waals surface area contributed by atoms with Gasteiger partial charge in [-0.15, -0.1) is 11.3 Å². The number of carbonyl (C=O) groups excluding carboxylic acids is 2. The summed E-state index contributed by atoms with van der Waals surface area (Å²) in [6.07, 6.45) is 3.72. The molecule has 1 N–H and O–H groups in total. The zero-order valence-electron chi connectivity index (χ0n) is 11.1. The van der Waals surface area contributed by atoms with Crippen molar-refractivity contribution < 1.29 is 9.59 Å². The van der Waals surface area contributed by atoms with Gasteiger partial charge in [-0.25, -0.2) is 0 Å². The molecule has 2 fully saturated rings. The van der Waals surface area contributed by atoms with Gasteiger partial charge in [0.05, 0.1) is 15.1 Å². The maximum Gasteiger partial charge on any atom is 0.270 e. The molecule has 1 aliphatic heterocycles. The van der Waals surface area contributed by atoms with Crippen LogP contribution in [0.25, 0.3) is 0 Å². The Morgan fingerprint density at radius 1 is 1.30 bits per heavy atom. The highest BCUT2D eigenvalue weighted by molar-refractivity contribution is 7.18. The Kier molecular flexibility index (Phi) is 4.10. The molecule has 1 atom stereocenters. The summed E-state index contributed by atoms with van der Waals surface area (Å²) in [6.45, 7) is 1.64. The first-order valence-electron chi connectivity index (χ1n) is 7.00. The molecule has 0 aromatic carbocycles. The highest BCUT2D eigenvalue weighted by atomic mass is 35.5. The lowest BCUT2D eigenvalue weighted by molar-refractivity contribution is -0.133. The predicted molar refractivity (Wildman–Crippen MR) is 79.1 cm³/mol.